The van der Waals surface area contributed by atoms with Gasteiger partial charge in [-0.15, -0.1) is 10.2 Å². The highest BCUT2D eigenvalue weighted by molar-refractivity contribution is 7.99. The Morgan fingerprint density at radius 3 is 2.12 bits per heavy atom. The number of thioether (sulfide) groups is 1. The second-order valence-corrected chi connectivity index (χ2v) is 8.22. The zero-order valence-corrected chi connectivity index (χ0v) is 19.7. The molecule has 1 amide bonds. The fourth-order valence-electron chi connectivity index (χ4n) is 3.33. The van der Waals surface area contributed by atoms with E-state index in [0.29, 0.717) is 28.9 Å². The fourth-order valence-corrected chi connectivity index (χ4v) is 3.95. The zero-order chi connectivity index (χ0) is 23.8. The Morgan fingerprint density at radius 2 is 1.47 bits per heavy atom. The number of carbonyl (C=O) groups is 1. The van der Waals surface area contributed by atoms with Crippen LogP contribution in [0.1, 0.15) is 5.56 Å². The van der Waals surface area contributed by atoms with Crippen LogP contribution in [0.3, 0.4) is 0 Å². The number of hydrogen-bond acceptors (Lipinski definition) is 7. The van der Waals surface area contributed by atoms with Crippen molar-refractivity contribution in [3.05, 3.63) is 84.4 Å². The Kier molecular flexibility index (Phi) is 7.72. The van der Waals surface area contributed by atoms with Crippen LogP contribution < -0.4 is 14.8 Å². The van der Waals surface area contributed by atoms with Crippen LogP contribution in [-0.2, 0) is 11.3 Å². The number of benzene rings is 3. The normalized spacial score (nSPS) is 10.5. The van der Waals surface area contributed by atoms with Crippen LogP contribution in [0.4, 0.5) is 0 Å². The Hall–Kier alpha value is -3.91. The molecule has 172 valence electrons. The molecule has 8 heteroatoms. The predicted octanol–water partition coefficient (Wildman–Crippen LogP) is 4.63. The summed E-state index contributed by atoms with van der Waals surface area (Å²) in [4.78, 5) is 17.2. The average Bonchev–Trinajstić information content (AvgIpc) is 2.91. The van der Waals surface area contributed by atoms with E-state index in [1.54, 1.807) is 14.2 Å². The summed E-state index contributed by atoms with van der Waals surface area (Å²) in [7, 11) is 3.17. The standard InChI is InChI=1S/C26H24N4O3S/c1-32-21-14-13-18(15-22(21)33-2)16-27-23(31)17-34-26-28-24(19-9-5-3-6-10-19)25(29-30-26)20-11-7-4-8-12-20/h3-15H,16-17H2,1-2H3,(H,27,31). The van der Waals surface area contributed by atoms with Crippen LogP contribution in [0.2, 0.25) is 0 Å². The van der Waals surface area contributed by atoms with Gasteiger partial charge in [0.15, 0.2) is 11.5 Å². The number of nitrogens with one attached hydrogen (secondary N) is 1. The van der Waals surface area contributed by atoms with Crippen LogP contribution in [-0.4, -0.2) is 41.1 Å². The Balaban J connectivity index is 1.44. The molecule has 1 aromatic heterocycles. The van der Waals surface area contributed by atoms with Crippen LogP contribution in [0.15, 0.2) is 84.0 Å². The lowest BCUT2D eigenvalue weighted by molar-refractivity contribution is -0.118. The van der Waals surface area contributed by atoms with Crippen molar-refractivity contribution in [1.82, 2.24) is 20.5 Å². The van der Waals surface area contributed by atoms with Gasteiger partial charge in [0, 0.05) is 17.7 Å². The summed E-state index contributed by atoms with van der Waals surface area (Å²) in [5.74, 6) is 1.31. The molecule has 3 aromatic carbocycles. The summed E-state index contributed by atoms with van der Waals surface area (Å²) < 4.78 is 10.6. The molecule has 0 saturated carbocycles. The van der Waals surface area contributed by atoms with Gasteiger partial charge in [0.25, 0.3) is 0 Å². The molecule has 0 aliphatic heterocycles. The summed E-state index contributed by atoms with van der Waals surface area (Å²) in [6.07, 6.45) is 0. The number of amides is 1. The molecule has 0 aliphatic rings. The van der Waals surface area contributed by atoms with Crippen molar-refractivity contribution >= 4 is 17.7 Å². The lowest BCUT2D eigenvalue weighted by Crippen LogP contribution is -2.24. The van der Waals surface area contributed by atoms with E-state index < -0.39 is 0 Å². The Morgan fingerprint density at radius 1 is 0.824 bits per heavy atom. The maximum atomic E-state index is 12.4. The molecule has 1 heterocycles. The number of rotatable bonds is 9. The molecule has 4 rings (SSSR count). The molecule has 7 nitrogen and oxygen atoms in total. The summed E-state index contributed by atoms with van der Waals surface area (Å²) in [5, 5.41) is 12.1. The molecule has 0 bridgehead atoms. The summed E-state index contributed by atoms with van der Waals surface area (Å²) in [5.41, 5.74) is 4.22. The van der Waals surface area contributed by atoms with E-state index in [1.807, 2.05) is 78.9 Å². The first kappa shape index (κ1) is 23.3. The Labute approximate surface area is 202 Å². The van der Waals surface area contributed by atoms with Crippen molar-refractivity contribution in [1.29, 1.82) is 0 Å². The number of hydrogen-bond donors (Lipinski definition) is 1. The minimum Gasteiger partial charge on any atom is -0.493 e. The van der Waals surface area contributed by atoms with Gasteiger partial charge in [0.2, 0.25) is 11.1 Å². The third-order valence-electron chi connectivity index (χ3n) is 5.03. The van der Waals surface area contributed by atoms with Gasteiger partial charge in [-0.3, -0.25) is 4.79 Å². The van der Waals surface area contributed by atoms with Crippen LogP contribution >= 0.6 is 11.8 Å². The summed E-state index contributed by atoms with van der Waals surface area (Å²) in [6, 6.07) is 25.2. The number of carbonyl (C=O) groups excluding carboxylic acids is 1. The SMILES string of the molecule is COc1ccc(CNC(=O)CSc2nnc(-c3ccccc3)c(-c3ccccc3)n2)cc1OC. The number of aromatic nitrogens is 3. The maximum Gasteiger partial charge on any atom is 0.230 e. The molecule has 0 atom stereocenters. The minimum absolute atomic E-state index is 0.128. The molecule has 0 saturated heterocycles. The smallest absolute Gasteiger partial charge is 0.230 e. The van der Waals surface area contributed by atoms with E-state index in [4.69, 9.17) is 14.5 Å². The molecule has 0 spiro atoms. The van der Waals surface area contributed by atoms with Crippen molar-refractivity contribution in [2.45, 2.75) is 11.7 Å². The molecule has 0 fully saturated rings. The second-order valence-electron chi connectivity index (χ2n) is 7.28. The van der Waals surface area contributed by atoms with E-state index in [0.717, 1.165) is 22.4 Å². The molecule has 0 aliphatic carbocycles. The first-order valence-corrected chi connectivity index (χ1v) is 11.6. The molecule has 4 aromatic rings. The lowest BCUT2D eigenvalue weighted by Gasteiger charge is -2.11. The van der Waals surface area contributed by atoms with Gasteiger partial charge in [-0.25, -0.2) is 4.98 Å². The van der Waals surface area contributed by atoms with Gasteiger partial charge in [0.1, 0.15) is 11.4 Å². The third-order valence-corrected chi connectivity index (χ3v) is 5.87. The zero-order valence-electron chi connectivity index (χ0n) is 18.9. The van der Waals surface area contributed by atoms with Crippen LogP contribution in [0.5, 0.6) is 11.5 Å². The molecule has 34 heavy (non-hydrogen) atoms. The third kappa shape index (κ3) is 5.71. The van der Waals surface area contributed by atoms with Gasteiger partial charge in [-0.05, 0) is 17.7 Å². The van der Waals surface area contributed by atoms with Gasteiger partial charge < -0.3 is 14.8 Å². The summed E-state index contributed by atoms with van der Waals surface area (Å²) in [6.45, 7) is 0.376. The fraction of sp³-hybridized carbons (Fsp3) is 0.154. The summed E-state index contributed by atoms with van der Waals surface area (Å²) >= 11 is 1.25. The van der Waals surface area contributed by atoms with E-state index in [-0.39, 0.29) is 11.7 Å². The molecule has 0 unspecified atom stereocenters. The second kappa shape index (κ2) is 11.3. The van der Waals surface area contributed by atoms with Gasteiger partial charge in [-0.1, -0.05) is 78.5 Å². The monoisotopic (exact) mass is 472 g/mol. The van der Waals surface area contributed by atoms with Gasteiger partial charge >= 0.3 is 0 Å². The van der Waals surface area contributed by atoms with Crippen molar-refractivity contribution in [3.8, 4) is 34.0 Å². The van der Waals surface area contributed by atoms with Gasteiger partial charge in [-0.2, -0.15) is 0 Å². The predicted molar refractivity (Wildman–Crippen MR) is 133 cm³/mol. The quantitative estimate of drug-likeness (QED) is 0.355. The number of ether oxygens (including phenoxy) is 2. The van der Waals surface area contributed by atoms with Crippen LogP contribution in [0.25, 0.3) is 22.5 Å². The Bertz CT molecular complexity index is 1250. The minimum atomic E-state index is -0.128. The molecule has 0 radical (unpaired) electrons. The van der Waals surface area contributed by atoms with Crippen molar-refractivity contribution in [2.75, 3.05) is 20.0 Å². The number of nitrogens with zero attached hydrogens (tertiary/aromatic N) is 3. The van der Waals surface area contributed by atoms with Crippen molar-refractivity contribution in [2.24, 2.45) is 0 Å². The first-order valence-electron chi connectivity index (χ1n) is 10.6. The molecular formula is C26H24N4O3S. The topological polar surface area (TPSA) is 86.2 Å². The number of methoxy groups -OCH3 is 2. The van der Waals surface area contributed by atoms with Crippen molar-refractivity contribution < 1.29 is 14.3 Å². The van der Waals surface area contributed by atoms with E-state index >= 15 is 0 Å². The van der Waals surface area contributed by atoms with E-state index in [2.05, 4.69) is 15.5 Å². The highest BCUT2D eigenvalue weighted by Gasteiger charge is 2.15. The maximum absolute atomic E-state index is 12.4. The molecule has 1 N–H and O–H groups in total. The average molecular weight is 473 g/mol. The molecular weight excluding hydrogens is 448 g/mol. The highest BCUT2D eigenvalue weighted by Crippen LogP contribution is 2.30. The highest BCUT2D eigenvalue weighted by atomic mass is 32.2. The lowest BCUT2D eigenvalue weighted by atomic mass is 10.0. The van der Waals surface area contributed by atoms with Gasteiger partial charge in [0.05, 0.1) is 20.0 Å². The van der Waals surface area contributed by atoms with Crippen LogP contribution in [0, 0.1) is 0 Å². The van der Waals surface area contributed by atoms with E-state index in [9.17, 15) is 4.79 Å². The first-order chi connectivity index (χ1) is 16.7. The largest absolute Gasteiger partial charge is 0.493 e. The van der Waals surface area contributed by atoms with Crippen molar-refractivity contribution in [3.63, 3.8) is 0 Å². The van der Waals surface area contributed by atoms with E-state index in [1.165, 1.54) is 11.8 Å².